The average molecular weight is 387 g/mol. The molecule has 26 heavy (non-hydrogen) atoms. The number of carboxylic acid groups (broad SMARTS) is 1. The monoisotopic (exact) mass is 386 g/mol. The van der Waals surface area contributed by atoms with Crippen LogP contribution in [0.4, 0.5) is 0 Å². The lowest BCUT2D eigenvalue weighted by Crippen LogP contribution is -2.05. The molecule has 2 aromatic heterocycles. The maximum Gasteiger partial charge on any atom is 0.303 e. The van der Waals surface area contributed by atoms with Crippen molar-refractivity contribution in [3.63, 3.8) is 0 Å². The molecule has 0 spiro atoms. The zero-order valence-corrected chi connectivity index (χ0v) is 15.5. The third-order valence-corrected chi connectivity index (χ3v) is 5.72. The van der Waals surface area contributed by atoms with Gasteiger partial charge in [-0.1, -0.05) is 29.8 Å². The van der Waals surface area contributed by atoms with Crippen molar-refractivity contribution in [3.05, 3.63) is 63.0 Å². The van der Waals surface area contributed by atoms with Gasteiger partial charge in [-0.15, -0.1) is 21.5 Å². The first-order chi connectivity index (χ1) is 12.5. The molecule has 4 rings (SSSR count). The molecule has 1 aliphatic rings. The molecule has 3 aromatic rings. The minimum atomic E-state index is -0.810. The van der Waals surface area contributed by atoms with E-state index in [0.29, 0.717) is 18.0 Å². The maximum absolute atomic E-state index is 11.0. The van der Waals surface area contributed by atoms with Crippen LogP contribution in [0.5, 0.6) is 0 Å². The Labute approximate surface area is 158 Å². The SMILES string of the molecule is Cc1nnc2n1-c1sc(CCC(=O)O)cc1C(c1ccccc1Cl)=NC2. The fraction of sp³-hybridized carbons (Fsp3) is 0.222. The summed E-state index contributed by atoms with van der Waals surface area (Å²) in [5.74, 6) is 0.732. The largest absolute Gasteiger partial charge is 0.481 e. The molecule has 8 heteroatoms. The van der Waals surface area contributed by atoms with Gasteiger partial charge in [-0.05, 0) is 25.5 Å². The number of aliphatic carboxylic acids is 1. The molecule has 3 heterocycles. The molecule has 1 aromatic carbocycles. The maximum atomic E-state index is 11.0. The highest BCUT2D eigenvalue weighted by Crippen LogP contribution is 2.34. The quantitative estimate of drug-likeness (QED) is 0.742. The van der Waals surface area contributed by atoms with E-state index in [1.54, 1.807) is 11.3 Å². The van der Waals surface area contributed by atoms with Crippen molar-refractivity contribution in [2.45, 2.75) is 26.3 Å². The molecule has 0 saturated carbocycles. The molecular weight excluding hydrogens is 372 g/mol. The molecule has 132 valence electrons. The van der Waals surface area contributed by atoms with E-state index in [4.69, 9.17) is 21.7 Å². The Hall–Kier alpha value is -2.51. The molecule has 6 nitrogen and oxygen atoms in total. The molecule has 0 amide bonds. The van der Waals surface area contributed by atoms with Crippen LogP contribution in [0.1, 0.15) is 34.1 Å². The van der Waals surface area contributed by atoms with Gasteiger partial charge >= 0.3 is 5.97 Å². The van der Waals surface area contributed by atoms with Gasteiger partial charge in [0.2, 0.25) is 0 Å². The van der Waals surface area contributed by atoms with Crippen molar-refractivity contribution in [2.24, 2.45) is 4.99 Å². The van der Waals surface area contributed by atoms with E-state index in [-0.39, 0.29) is 6.42 Å². The van der Waals surface area contributed by atoms with Gasteiger partial charge in [0.1, 0.15) is 17.4 Å². The first-order valence-electron chi connectivity index (χ1n) is 8.10. The first-order valence-corrected chi connectivity index (χ1v) is 9.29. The highest BCUT2D eigenvalue weighted by Gasteiger charge is 2.25. The second kappa shape index (κ2) is 6.66. The summed E-state index contributed by atoms with van der Waals surface area (Å²) in [4.78, 5) is 16.7. The molecule has 1 N–H and O–H groups in total. The molecule has 0 atom stereocenters. The number of hydrogen-bond acceptors (Lipinski definition) is 5. The Morgan fingerprint density at radius 2 is 2.12 bits per heavy atom. The van der Waals surface area contributed by atoms with E-state index in [9.17, 15) is 4.79 Å². The van der Waals surface area contributed by atoms with Crippen LogP contribution in [0.15, 0.2) is 35.3 Å². The Bertz CT molecular complexity index is 1040. The second-order valence-corrected chi connectivity index (χ2v) is 7.49. The van der Waals surface area contributed by atoms with Crippen LogP contribution in [0, 0.1) is 6.92 Å². The van der Waals surface area contributed by atoms with Gasteiger partial charge in [-0.25, -0.2) is 0 Å². The number of aromatic nitrogens is 3. The first kappa shape index (κ1) is 16.9. The third-order valence-electron chi connectivity index (χ3n) is 4.21. The van der Waals surface area contributed by atoms with Crippen molar-refractivity contribution < 1.29 is 9.90 Å². The summed E-state index contributed by atoms with van der Waals surface area (Å²) in [5, 5.41) is 19.0. The average Bonchev–Trinajstić information content (AvgIpc) is 3.14. The fourth-order valence-corrected chi connectivity index (χ4v) is 4.46. The van der Waals surface area contributed by atoms with Gasteiger partial charge in [0.25, 0.3) is 0 Å². The zero-order valence-electron chi connectivity index (χ0n) is 13.9. The topological polar surface area (TPSA) is 80.4 Å². The summed E-state index contributed by atoms with van der Waals surface area (Å²) >= 11 is 7.97. The minimum absolute atomic E-state index is 0.0893. The molecule has 1 aliphatic heterocycles. The minimum Gasteiger partial charge on any atom is -0.481 e. The smallest absolute Gasteiger partial charge is 0.303 e. The number of benzene rings is 1. The van der Waals surface area contributed by atoms with E-state index in [1.807, 2.05) is 41.8 Å². The van der Waals surface area contributed by atoms with Crippen LogP contribution in [-0.4, -0.2) is 31.6 Å². The zero-order chi connectivity index (χ0) is 18.3. The molecule has 0 radical (unpaired) electrons. The van der Waals surface area contributed by atoms with Gasteiger partial charge in [0, 0.05) is 21.0 Å². The summed E-state index contributed by atoms with van der Waals surface area (Å²) in [6, 6.07) is 9.61. The lowest BCUT2D eigenvalue weighted by molar-refractivity contribution is -0.136. The molecule has 0 saturated heterocycles. The summed E-state index contributed by atoms with van der Waals surface area (Å²) in [7, 11) is 0. The normalized spacial score (nSPS) is 12.9. The van der Waals surface area contributed by atoms with Gasteiger partial charge in [-0.2, -0.15) is 0 Å². The number of nitrogens with zero attached hydrogens (tertiary/aromatic N) is 4. The lowest BCUT2D eigenvalue weighted by atomic mass is 10.0. The number of aryl methyl sites for hydroxylation is 2. The summed E-state index contributed by atoms with van der Waals surface area (Å²) in [6.45, 7) is 2.31. The molecule has 0 fully saturated rings. The summed E-state index contributed by atoms with van der Waals surface area (Å²) in [5.41, 5.74) is 2.59. The van der Waals surface area contributed by atoms with E-state index in [0.717, 1.165) is 38.4 Å². The predicted molar refractivity (Wildman–Crippen MR) is 101 cm³/mol. The van der Waals surface area contributed by atoms with Crippen molar-refractivity contribution >= 4 is 34.6 Å². The third kappa shape index (κ3) is 2.93. The highest BCUT2D eigenvalue weighted by atomic mass is 35.5. The van der Waals surface area contributed by atoms with Gasteiger partial charge in [-0.3, -0.25) is 14.4 Å². The molecule has 0 bridgehead atoms. The number of carbonyl (C=O) groups is 1. The predicted octanol–water partition coefficient (Wildman–Crippen LogP) is 3.66. The Morgan fingerprint density at radius 1 is 1.31 bits per heavy atom. The van der Waals surface area contributed by atoms with Crippen molar-refractivity contribution in [1.82, 2.24) is 14.8 Å². The number of fused-ring (bicyclic) bond motifs is 3. The van der Waals surface area contributed by atoms with Crippen LogP contribution in [0.3, 0.4) is 0 Å². The number of halogens is 1. The highest BCUT2D eigenvalue weighted by molar-refractivity contribution is 7.15. The van der Waals surface area contributed by atoms with Crippen LogP contribution in [0.2, 0.25) is 5.02 Å². The lowest BCUT2D eigenvalue weighted by Gasteiger charge is -2.08. The molecular formula is C18H15ClN4O2S. The van der Waals surface area contributed by atoms with E-state index < -0.39 is 5.97 Å². The standard InChI is InChI=1S/C18H15ClN4O2S/c1-10-21-22-15-9-20-17(12-4-2-3-5-14(12)19)13-8-11(6-7-16(24)25)26-18(13)23(10)15/h2-5,8H,6-7,9H2,1H3,(H,24,25). The Morgan fingerprint density at radius 3 is 2.88 bits per heavy atom. The van der Waals surface area contributed by atoms with Crippen molar-refractivity contribution in [3.8, 4) is 5.00 Å². The number of rotatable bonds is 4. The van der Waals surface area contributed by atoms with Crippen molar-refractivity contribution in [1.29, 1.82) is 0 Å². The van der Waals surface area contributed by atoms with Crippen LogP contribution < -0.4 is 0 Å². The van der Waals surface area contributed by atoms with Crippen LogP contribution in [-0.2, 0) is 17.8 Å². The fourth-order valence-electron chi connectivity index (χ4n) is 3.01. The van der Waals surface area contributed by atoms with E-state index in [2.05, 4.69) is 10.2 Å². The summed E-state index contributed by atoms with van der Waals surface area (Å²) < 4.78 is 2.00. The summed E-state index contributed by atoms with van der Waals surface area (Å²) in [6.07, 6.45) is 0.561. The van der Waals surface area contributed by atoms with E-state index in [1.165, 1.54) is 0 Å². The number of aliphatic imine (C=N–C) groups is 1. The Kier molecular flexibility index (Phi) is 4.34. The van der Waals surface area contributed by atoms with Crippen LogP contribution in [0.25, 0.3) is 5.00 Å². The second-order valence-electron chi connectivity index (χ2n) is 5.97. The van der Waals surface area contributed by atoms with Crippen molar-refractivity contribution in [2.75, 3.05) is 0 Å². The molecule has 0 unspecified atom stereocenters. The number of hydrogen-bond donors (Lipinski definition) is 1. The van der Waals surface area contributed by atoms with Gasteiger partial charge < -0.3 is 5.11 Å². The number of carboxylic acids is 1. The van der Waals surface area contributed by atoms with Gasteiger partial charge in [0.15, 0.2) is 5.82 Å². The molecule has 0 aliphatic carbocycles. The number of thiophene rings is 1. The van der Waals surface area contributed by atoms with Gasteiger partial charge in [0.05, 0.1) is 12.1 Å². The van der Waals surface area contributed by atoms with Crippen LogP contribution >= 0.6 is 22.9 Å². The Balaban J connectivity index is 1.89. The van der Waals surface area contributed by atoms with E-state index >= 15 is 0 Å².